The lowest BCUT2D eigenvalue weighted by atomic mass is 9.97. The summed E-state index contributed by atoms with van der Waals surface area (Å²) in [4.78, 5) is 12.0. The summed E-state index contributed by atoms with van der Waals surface area (Å²) >= 11 is -1.36. The minimum absolute atomic E-state index is 0.253. The molecule has 1 heterocycles. The van der Waals surface area contributed by atoms with Crippen LogP contribution >= 0.6 is 0 Å². The highest BCUT2D eigenvalue weighted by molar-refractivity contribution is 7.79. The zero-order chi connectivity index (χ0) is 15.5. The Morgan fingerprint density at radius 1 is 1.00 bits per heavy atom. The molecular weight excluding hydrogens is 300 g/mol. The van der Waals surface area contributed by atoms with E-state index in [0.29, 0.717) is 11.3 Å². The van der Waals surface area contributed by atoms with Gasteiger partial charge in [-0.3, -0.25) is 0 Å². The molecule has 2 aromatic carbocycles. The first-order valence-corrected chi connectivity index (χ1v) is 8.21. The van der Waals surface area contributed by atoms with Crippen LogP contribution in [0, 0.1) is 0 Å². The van der Waals surface area contributed by atoms with Gasteiger partial charge in [0, 0.05) is 11.8 Å². The molecule has 0 aliphatic carbocycles. The smallest absolute Gasteiger partial charge is 0.339 e. The third-order valence-electron chi connectivity index (χ3n) is 3.33. The van der Waals surface area contributed by atoms with Crippen LogP contribution in [0.4, 0.5) is 0 Å². The second-order valence-electron chi connectivity index (χ2n) is 4.80. The second kappa shape index (κ2) is 6.15. The molecule has 22 heavy (non-hydrogen) atoms. The van der Waals surface area contributed by atoms with E-state index >= 15 is 0 Å². The SMILES string of the molecule is CS(=O)Oc1ccc(C2=C(c3ccccc3)C(=O)OC2)cc1. The van der Waals surface area contributed by atoms with Crippen molar-refractivity contribution in [3.63, 3.8) is 0 Å². The predicted molar refractivity (Wildman–Crippen MR) is 85.4 cm³/mol. The molecule has 4 nitrogen and oxygen atoms in total. The normalized spacial score (nSPS) is 15.6. The number of carbonyl (C=O) groups is 1. The summed E-state index contributed by atoms with van der Waals surface area (Å²) in [6.07, 6.45) is 1.47. The first kappa shape index (κ1) is 14.5. The molecule has 1 unspecified atom stereocenters. The average molecular weight is 314 g/mol. The van der Waals surface area contributed by atoms with Crippen molar-refractivity contribution in [2.45, 2.75) is 0 Å². The van der Waals surface area contributed by atoms with Crippen molar-refractivity contribution in [2.24, 2.45) is 0 Å². The number of carbonyl (C=O) groups excluding carboxylic acids is 1. The molecule has 0 saturated heterocycles. The lowest BCUT2D eigenvalue weighted by molar-refractivity contribution is -0.133. The van der Waals surface area contributed by atoms with Gasteiger partial charge in [-0.2, -0.15) is 0 Å². The molecule has 1 aliphatic rings. The fraction of sp³-hybridized carbons (Fsp3) is 0.118. The van der Waals surface area contributed by atoms with Crippen molar-refractivity contribution < 1.29 is 17.9 Å². The third-order valence-corrected chi connectivity index (χ3v) is 3.76. The number of benzene rings is 2. The zero-order valence-electron chi connectivity index (χ0n) is 11.9. The minimum atomic E-state index is -1.36. The maximum absolute atomic E-state index is 12.0. The summed E-state index contributed by atoms with van der Waals surface area (Å²) < 4.78 is 21.4. The summed E-state index contributed by atoms with van der Waals surface area (Å²) in [5, 5.41) is 0. The van der Waals surface area contributed by atoms with Gasteiger partial charge in [-0.15, -0.1) is 0 Å². The van der Waals surface area contributed by atoms with E-state index in [1.165, 1.54) is 6.26 Å². The number of cyclic esters (lactones) is 1. The Hall–Kier alpha value is -2.40. The largest absolute Gasteiger partial charge is 0.457 e. The van der Waals surface area contributed by atoms with E-state index in [4.69, 9.17) is 8.92 Å². The zero-order valence-corrected chi connectivity index (χ0v) is 12.8. The molecule has 5 heteroatoms. The molecule has 1 aliphatic heterocycles. The maximum atomic E-state index is 12.0. The molecule has 0 aromatic heterocycles. The maximum Gasteiger partial charge on any atom is 0.339 e. The summed E-state index contributed by atoms with van der Waals surface area (Å²) in [7, 11) is 0. The fourth-order valence-corrected chi connectivity index (χ4v) is 2.76. The van der Waals surface area contributed by atoms with Gasteiger partial charge in [-0.05, 0) is 23.3 Å². The van der Waals surface area contributed by atoms with E-state index in [0.717, 1.165) is 16.7 Å². The molecule has 0 saturated carbocycles. The van der Waals surface area contributed by atoms with Gasteiger partial charge in [0.15, 0.2) is 0 Å². The first-order valence-electron chi connectivity index (χ1n) is 6.73. The van der Waals surface area contributed by atoms with Gasteiger partial charge in [0.1, 0.15) is 12.4 Å². The van der Waals surface area contributed by atoms with Crippen molar-refractivity contribution >= 4 is 28.2 Å². The van der Waals surface area contributed by atoms with Crippen LogP contribution in [0.2, 0.25) is 0 Å². The molecule has 3 rings (SSSR count). The van der Waals surface area contributed by atoms with Crippen molar-refractivity contribution in [2.75, 3.05) is 12.9 Å². The van der Waals surface area contributed by atoms with Crippen molar-refractivity contribution in [3.8, 4) is 5.75 Å². The molecule has 0 N–H and O–H groups in total. The molecule has 0 amide bonds. The second-order valence-corrected chi connectivity index (χ2v) is 5.77. The predicted octanol–water partition coefficient (Wildman–Crippen LogP) is 2.83. The van der Waals surface area contributed by atoms with Gasteiger partial charge >= 0.3 is 5.97 Å². The Balaban J connectivity index is 1.99. The third kappa shape index (κ3) is 2.94. The average Bonchev–Trinajstić information content (AvgIpc) is 2.90. The number of hydrogen-bond donors (Lipinski definition) is 0. The van der Waals surface area contributed by atoms with Crippen molar-refractivity contribution in [3.05, 3.63) is 65.7 Å². The summed E-state index contributed by atoms with van der Waals surface area (Å²) in [5.41, 5.74) is 3.17. The first-order chi connectivity index (χ1) is 10.6. The molecule has 2 aromatic rings. The fourth-order valence-electron chi connectivity index (χ4n) is 2.38. The van der Waals surface area contributed by atoms with Crippen LogP contribution in [-0.2, 0) is 20.6 Å². The van der Waals surface area contributed by atoms with Crippen LogP contribution in [0.25, 0.3) is 11.1 Å². The van der Waals surface area contributed by atoms with Gasteiger partial charge < -0.3 is 8.92 Å². The standard InChI is InChI=1S/C17H14O4S/c1-22(19)21-14-9-7-12(8-10-14)15-11-20-17(18)16(15)13-5-3-2-4-6-13/h2-10H,11H2,1H3. The van der Waals surface area contributed by atoms with E-state index in [1.54, 1.807) is 12.1 Å². The molecule has 0 radical (unpaired) electrons. The molecule has 0 bridgehead atoms. The van der Waals surface area contributed by atoms with Gasteiger partial charge in [-0.25, -0.2) is 9.00 Å². The Bertz CT molecular complexity index is 748. The molecule has 0 spiro atoms. The van der Waals surface area contributed by atoms with E-state index in [1.807, 2.05) is 42.5 Å². The van der Waals surface area contributed by atoms with Crippen molar-refractivity contribution in [1.82, 2.24) is 0 Å². The monoisotopic (exact) mass is 314 g/mol. The van der Waals surface area contributed by atoms with E-state index in [2.05, 4.69) is 0 Å². The quantitative estimate of drug-likeness (QED) is 0.814. The van der Waals surface area contributed by atoms with Crippen LogP contribution in [-0.4, -0.2) is 23.0 Å². The lowest BCUT2D eigenvalue weighted by Crippen LogP contribution is -1.98. The summed E-state index contributed by atoms with van der Waals surface area (Å²) in [6.45, 7) is 0.253. The van der Waals surface area contributed by atoms with E-state index in [-0.39, 0.29) is 12.6 Å². The number of ether oxygens (including phenoxy) is 1. The van der Waals surface area contributed by atoms with Gasteiger partial charge in [0.25, 0.3) is 0 Å². The highest BCUT2D eigenvalue weighted by Gasteiger charge is 2.26. The van der Waals surface area contributed by atoms with E-state index < -0.39 is 11.1 Å². The summed E-state index contributed by atoms with van der Waals surface area (Å²) in [5.74, 6) is 0.216. The van der Waals surface area contributed by atoms with Crippen LogP contribution in [0.3, 0.4) is 0 Å². The minimum Gasteiger partial charge on any atom is -0.457 e. The van der Waals surface area contributed by atoms with Crippen LogP contribution in [0.1, 0.15) is 11.1 Å². The topological polar surface area (TPSA) is 52.6 Å². The molecule has 0 fully saturated rings. The molecule has 112 valence electrons. The number of esters is 1. The van der Waals surface area contributed by atoms with E-state index in [9.17, 15) is 9.00 Å². The number of hydrogen-bond acceptors (Lipinski definition) is 4. The highest BCUT2D eigenvalue weighted by Crippen LogP contribution is 2.33. The van der Waals surface area contributed by atoms with Crippen LogP contribution in [0.5, 0.6) is 5.75 Å². The van der Waals surface area contributed by atoms with Crippen molar-refractivity contribution in [1.29, 1.82) is 0 Å². The van der Waals surface area contributed by atoms with Crippen LogP contribution < -0.4 is 4.18 Å². The molecule has 1 atom stereocenters. The Morgan fingerprint density at radius 2 is 1.68 bits per heavy atom. The molecular formula is C17H14O4S. The Morgan fingerprint density at radius 3 is 2.32 bits per heavy atom. The number of rotatable bonds is 4. The lowest BCUT2D eigenvalue weighted by Gasteiger charge is -2.06. The van der Waals surface area contributed by atoms with Crippen LogP contribution in [0.15, 0.2) is 54.6 Å². The summed E-state index contributed by atoms with van der Waals surface area (Å²) in [6, 6.07) is 16.6. The van der Waals surface area contributed by atoms with Gasteiger partial charge in [0.2, 0.25) is 11.1 Å². The van der Waals surface area contributed by atoms with Gasteiger partial charge in [0.05, 0.1) is 5.57 Å². The Labute approximate surface area is 131 Å². The Kier molecular flexibility index (Phi) is 4.06. The highest BCUT2D eigenvalue weighted by atomic mass is 32.2. The van der Waals surface area contributed by atoms with Gasteiger partial charge in [-0.1, -0.05) is 42.5 Å².